The van der Waals surface area contributed by atoms with Gasteiger partial charge in [0.2, 0.25) is 6.29 Å². The fraction of sp³-hybridized carbons (Fsp3) is 0.125. The SMILES string of the molecule is O=C(Nc1ccc(OC2=COC(Cc3ccccc3)O2)cc1)Nc1cc(C(F)(F)F)ccc1F. The Hall–Kier alpha value is -4.21. The van der Waals surface area contributed by atoms with Crippen molar-refractivity contribution in [3.8, 4) is 5.75 Å². The van der Waals surface area contributed by atoms with Crippen LogP contribution in [0.4, 0.5) is 33.7 Å². The second kappa shape index (κ2) is 9.74. The summed E-state index contributed by atoms with van der Waals surface area (Å²) in [6.45, 7) is 0. The zero-order valence-electron chi connectivity index (χ0n) is 17.4. The molecule has 0 aliphatic carbocycles. The zero-order valence-corrected chi connectivity index (χ0v) is 17.4. The molecule has 3 aromatic rings. The van der Waals surface area contributed by atoms with E-state index in [1.165, 1.54) is 30.5 Å². The molecule has 2 N–H and O–H groups in total. The number of rotatable bonds is 6. The van der Waals surface area contributed by atoms with Crippen molar-refractivity contribution in [1.82, 2.24) is 0 Å². The van der Waals surface area contributed by atoms with Crippen LogP contribution in [0.1, 0.15) is 11.1 Å². The Bertz CT molecular complexity index is 1180. The van der Waals surface area contributed by atoms with Crippen LogP contribution in [0.25, 0.3) is 0 Å². The van der Waals surface area contributed by atoms with E-state index in [0.717, 1.165) is 5.56 Å². The summed E-state index contributed by atoms with van der Waals surface area (Å²) >= 11 is 0. The summed E-state index contributed by atoms with van der Waals surface area (Å²) in [5.41, 5.74) is -0.329. The predicted octanol–water partition coefficient (Wildman–Crippen LogP) is 6.28. The molecule has 1 heterocycles. The van der Waals surface area contributed by atoms with Crippen LogP contribution in [0.15, 0.2) is 85.0 Å². The molecular formula is C24H18F4N2O4. The smallest absolute Gasteiger partial charge is 0.416 e. The van der Waals surface area contributed by atoms with Gasteiger partial charge in [0.25, 0.3) is 0 Å². The van der Waals surface area contributed by atoms with Gasteiger partial charge in [-0.25, -0.2) is 9.18 Å². The topological polar surface area (TPSA) is 68.8 Å². The number of urea groups is 1. The van der Waals surface area contributed by atoms with Gasteiger partial charge in [0.1, 0.15) is 11.6 Å². The van der Waals surface area contributed by atoms with E-state index >= 15 is 0 Å². The van der Waals surface area contributed by atoms with Crippen molar-refractivity contribution < 1.29 is 36.6 Å². The molecule has 1 unspecified atom stereocenters. The van der Waals surface area contributed by atoms with E-state index < -0.39 is 35.6 Å². The fourth-order valence-electron chi connectivity index (χ4n) is 3.07. The maximum atomic E-state index is 13.8. The number of benzene rings is 3. The molecule has 0 saturated heterocycles. The van der Waals surface area contributed by atoms with E-state index in [0.29, 0.717) is 36.1 Å². The number of ether oxygens (including phenoxy) is 3. The number of carbonyl (C=O) groups is 1. The first-order valence-corrected chi connectivity index (χ1v) is 10.1. The Morgan fingerprint density at radius 3 is 2.41 bits per heavy atom. The lowest BCUT2D eigenvalue weighted by Crippen LogP contribution is -2.20. The molecule has 0 aromatic heterocycles. The summed E-state index contributed by atoms with van der Waals surface area (Å²) < 4.78 is 68.8. The van der Waals surface area contributed by atoms with Crippen molar-refractivity contribution in [2.24, 2.45) is 0 Å². The third-order valence-electron chi connectivity index (χ3n) is 4.68. The summed E-state index contributed by atoms with van der Waals surface area (Å²) in [7, 11) is 0. The highest BCUT2D eigenvalue weighted by Gasteiger charge is 2.31. The summed E-state index contributed by atoms with van der Waals surface area (Å²) in [5.74, 6) is -0.436. The first-order chi connectivity index (χ1) is 16.3. The minimum absolute atomic E-state index is 0.166. The fourth-order valence-corrected chi connectivity index (χ4v) is 3.07. The molecule has 0 spiro atoms. The van der Waals surface area contributed by atoms with Gasteiger partial charge in [0.05, 0.1) is 11.3 Å². The molecule has 4 rings (SSSR count). The quantitative estimate of drug-likeness (QED) is 0.413. The van der Waals surface area contributed by atoms with Gasteiger partial charge in [-0.05, 0) is 48.0 Å². The molecule has 10 heteroatoms. The van der Waals surface area contributed by atoms with Crippen LogP contribution in [0.3, 0.4) is 0 Å². The molecule has 176 valence electrons. The van der Waals surface area contributed by atoms with Crippen LogP contribution in [-0.4, -0.2) is 12.3 Å². The van der Waals surface area contributed by atoms with E-state index in [9.17, 15) is 22.4 Å². The number of hydrogen-bond acceptors (Lipinski definition) is 4. The maximum Gasteiger partial charge on any atom is 0.416 e. The van der Waals surface area contributed by atoms with Crippen molar-refractivity contribution in [3.05, 3.63) is 102 Å². The molecule has 2 amide bonds. The lowest BCUT2D eigenvalue weighted by Gasteiger charge is -2.13. The number of nitrogens with one attached hydrogen (secondary N) is 2. The van der Waals surface area contributed by atoms with Gasteiger partial charge < -0.3 is 24.8 Å². The van der Waals surface area contributed by atoms with Gasteiger partial charge in [-0.15, -0.1) is 0 Å². The average Bonchev–Trinajstić information content (AvgIpc) is 3.23. The third-order valence-corrected chi connectivity index (χ3v) is 4.68. The monoisotopic (exact) mass is 474 g/mol. The van der Waals surface area contributed by atoms with Gasteiger partial charge in [-0.3, -0.25) is 0 Å². The van der Waals surface area contributed by atoms with Gasteiger partial charge >= 0.3 is 18.2 Å². The molecule has 0 fully saturated rings. The number of hydrogen-bond donors (Lipinski definition) is 2. The van der Waals surface area contributed by atoms with Crippen molar-refractivity contribution in [3.63, 3.8) is 0 Å². The second-order valence-corrected chi connectivity index (χ2v) is 7.21. The van der Waals surface area contributed by atoms with Crippen LogP contribution in [0.2, 0.25) is 0 Å². The molecule has 6 nitrogen and oxygen atoms in total. The molecule has 1 atom stereocenters. The largest absolute Gasteiger partial charge is 0.455 e. The minimum Gasteiger partial charge on any atom is -0.455 e. The lowest BCUT2D eigenvalue weighted by atomic mass is 10.1. The lowest BCUT2D eigenvalue weighted by molar-refractivity contribution is -0.137. The highest BCUT2D eigenvalue weighted by Crippen LogP contribution is 2.32. The van der Waals surface area contributed by atoms with Crippen LogP contribution in [-0.2, 0) is 22.1 Å². The highest BCUT2D eigenvalue weighted by molar-refractivity contribution is 5.99. The Kier molecular flexibility index (Phi) is 6.58. The average molecular weight is 474 g/mol. The molecule has 0 bridgehead atoms. The summed E-state index contributed by atoms with van der Waals surface area (Å²) in [5, 5.41) is 4.47. The first-order valence-electron chi connectivity index (χ1n) is 10.1. The van der Waals surface area contributed by atoms with Crippen molar-refractivity contribution in [2.75, 3.05) is 10.6 Å². The molecule has 1 aliphatic rings. The highest BCUT2D eigenvalue weighted by atomic mass is 19.4. The second-order valence-electron chi connectivity index (χ2n) is 7.21. The van der Waals surface area contributed by atoms with Crippen LogP contribution in [0, 0.1) is 5.82 Å². The van der Waals surface area contributed by atoms with Gasteiger partial charge in [-0.2, -0.15) is 13.2 Å². The van der Waals surface area contributed by atoms with E-state index in [1.54, 1.807) is 0 Å². The zero-order chi connectivity index (χ0) is 24.1. The predicted molar refractivity (Wildman–Crippen MR) is 115 cm³/mol. The molecule has 1 aliphatic heterocycles. The number of carbonyl (C=O) groups excluding carboxylic acids is 1. The number of amides is 2. The molecule has 0 saturated carbocycles. The van der Waals surface area contributed by atoms with Gasteiger partial charge in [-0.1, -0.05) is 30.3 Å². The Labute approximate surface area is 191 Å². The molecule has 0 radical (unpaired) electrons. The molecule has 3 aromatic carbocycles. The first kappa shape index (κ1) is 23.0. The number of anilines is 2. The van der Waals surface area contributed by atoms with Crippen LogP contribution >= 0.6 is 0 Å². The molecular weight excluding hydrogens is 456 g/mol. The van der Waals surface area contributed by atoms with E-state index in [4.69, 9.17) is 14.2 Å². The van der Waals surface area contributed by atoms with Crippen LogP contribution in [0.5, 0.6) is 5.75 Å². The van der Waals surface area contributed by atoms with E-state index in [1.807, 2.05) is 30.3 Å². The molecule has 34 heavy (non-hydrogen) atoms. The summed E-state index contributed by atoms with van der Waals surface area (Å²) in [4.78, 5) is 12.1. The van der Waals surface area contributed by atoms with Crippen molar-refractivity contribution >= 4 is 17.4 Å². The number of halogens is 4. The van der Waals surface area contributed by atoms with E-state index in [2.05, 4.69) is 10.6 Å². The van der Waals surface area contributed by atoms with Crippen molar-refractivity contribution in [2.45, 2.75) is 18.9 Å². The standard InChI is InChI=1S/C24H18F4N2O4/c25-19-11-6-16(24(26,27)28)13-20(19)30-23(31)29-17-7-9-18(10-8-17)33-22-14-32-21(34-22)12-15-4-2-1-3-5-15/h1-11,13-14,21H,12H2,(H2,29,30,31). The van der Waals surface area contributed by atoms with Gasteiger partial charge in [0, 0.05) is 12.1 Å². The van der Waals surface area contributed by atoms with Crippen molar-refractivity contribution in [1.29, 1.82) is 0 Å². The Balaban J connectivity index is 1.29. The Morgan fingerprint density at radius 1 is 0.971 bits per heavy atom. The van der Waals surface area contributed by atoms with Crippen LogP contribution < -0.4 is 15.4 Å². The maximum absolute atomic E-state index is 13.8. The van der Waals surface area contributed by atoms with E-state index in [-0.39, 0.29) is 5.95 Å². The Morgan fingerprint density at radius 2 is 1.71 bits per heavy atom. The summed E-state index contributed by atoms with van der Waals surface area (Å²) in [6.07, 6.45) is -3.29. The minimum atomic E-state index is -4.67. The third kappa shape index (κ3) is 5.97. The summed E-state index contributed by atoms with van der Waals surface area (Å²) in [6, 6.07) is 16.6. The number of alkyl halides is 3. The normalized spacial score (nSPS) is 15.1. The van der Waals surface area contributed by atoms with Gasteiger partial charge in [0.15, 0.2) is 6.26 Å².